The maximum Gasteiger partial charge on any atom is 0.185 e. The third-order valence-electron chi connectivity index (χ3n) is 3.04. The third kappa shape index (κ3) is 4.83. The van der Waals surface area contributed by atoms with Crippen molar-refractivity contribution in [2.45, 2.75) is 0 Å². The quantitative estimate of drug-likeness (QED) is 0.402. The van der Waals surface area contributed by atoms with E-state index in [0.29, 0.717) is 17.1 Å². The van der Waals surface area contributed by atoms with E-state index < -0.39 is 0 Å². The molecule has 0 amide bonds. The summed E-state index contributed by atoms with van der Waals surface area (Å²) >= 11 is 2.20. The highest BCUT2D eigenvalue weighted by Gasteiger charge is 2.05. The molecular weight excluding hydrogens is 405 g/mol. The van der Waals surface area contributed by atoms with Gasteiger partial charge >= 0.3 is 0 Å². The first-order chi connectivity index (χ1) is 11.1. The molecule has 5 heteroatoms. The number of carbonyl (C=O) groups excluding carboxylic acids is 1. The molecule has 0 aliphatic heterocycles. The molecule has 0 heterocycles. The van der Waals surface area contributed by atoms with Crippen molar-refractivity contribution in [1.82, 2.24) is 0 Å². The lowest BCUT2D eigenvalue weighted by molar-refractivity contribution is 0.104. The Morgan fingerprint density at radius 3 is 2.61 bits per heavy atom. The van der Waals surface area contributed by atoms with Crippen molar-refractivity contribution in [3.05, 3.63) is 63.2 Å². The van der Waals surface area contributed by atoms with Crippen molar-refractivity contribution in [2.75, 3.05) is 13.7 Å². The van der Waals surface area contributed by atoms with E-state index in [0.717, 1.165) is 9.13 Å². The van der Waals surface area contributed by atoms with Crippen LogP contribution in [-0.2, 0) is 0 Å². The number of carbonyl (C=O) groups is 1. The van der Waals surface area contributed by atoms with E-state index in [2.05, 4.69) is 22.6 Å². The molecule has 4 nitrogen and oxygen atoms in total. The zero-order valence-electron chi connectivity index (χ0n) is 12.5. The molecule has 0 saturated carbocycles. The lowest BCUT2D eigenvalue weighted by Crippen LogP contribution is -1.97. The predicted octanol–water partition coefficient (Wildman–Crippen LogP) is 4.10. The fourth-order valence-electron chi connectivity index (χ4n) is 1.90. The highest BCUT2D eigenvalue weighted by Crippen LogP contribution is 2.28. The predicted molar refractivity (Wildman–Crippen MR) is 96.6 cm³/mol. The van der Waals surface area contributed by atoms with Gasteiger partial charge in [-0.15, -0.1) is 0 Å². The maximum absolute atomic E-state index is 12.1. The molecule has 0 unspecified atom stereocenters. The number of nitrogens with zero attached hydrogens (tertiary/aromatic N) is 1. The fraction of sp³-hybridized carbons (Fsp3) is 0.111. The Labute approximate surface area is 148 Å². The highest BCUT2D eigenvalue weighted by molar-refractivity contribution is 14.1. The molecule has 0 spiro atoms. The van der Waals surface area contributed by atoms with E-state index in [-0.39, 0.29) is 12.4 Å². The van der Waals surface area contributed by atoms with Gasteiger partial charge in [-0.25, -0.2) is 0 Å². The third-order valence-corrected chi connectivity index (χ3v) is 3.75. The SMILES string of the molecule is COc1cc(/C=C/C(=O)c2ccc(I)cc2)ccc1OCC#N. The van der Waals surface area contributed by atoms with Crippen molar-refractivity contribution in [1.29, 1.82) is 5.26 Å². The molecule has 0 saturated heterocycles. The number of halogens is 1. The van der Waals surface area contributed by atoms with Crippen LogP contribution in [0.15, 0.2) is 48.5 Å². The van der Waals surface area contributed by atoms with Gasteiger partial charge in [0.15, 0.2) is 23.9 Å². The topological polar surface area (TPSA) is 59.3 Å². The Morgan fingerprint density at radius 1 is 1.22 bits per heavy atom. The van der Waals surface area contributed by atoms with Crippen molar-refractivity contribution in [2.24, 2.45) is 0 Å². The molecule has 0 bridgehead atoms. The minimum Gasteiger partial charge on any atom is -0.493 e. The summed E-state index contributed by atoms with van der Waals surface area (Å²) in [6.45, 7) is -0.0448. The number of methoxy groups -OCH3 is 1. The number of hydrogen-bond acceptors (Lipinski definition) is 4. The minimum atomic E-state index is -0.0647. The first kappa shape index (κ1) is 17.0. The zero-order chi connectivity index (χ0) is 16.7. The molecule has 116 valence electrons. The van der Waals surface area contributed by atoms with Crippen molar-refractivity contribution in [3.8, 4) is 17.6 Å². The Bertz CT molecular complexity index is 761. The average molecular weight is 419 g/mol. The van der Waals surface area contributed by atoms with Gasteiger partial charge in [0.25, 0.3) is 0 Å². The zero-order valence-corrected chi connectivity index (χ0v) is 14.6. The van der Waals surface area contributed by atoms with Crippen molar-refractivity contribution in [3.63, 3.8) is 0 Å². The van der Waals surface area contributed by atoms with E-state index in [4.69, 9.17) is 14.7 Å². The largest absolute Gasteiger partial charge is 0.493 e. The van der Waals surface area contributed by atoms with Crippen LogP contribution in [0.5, 0.6) is 11.5 Å². The van der Waals surface area contributed by atoms with Gasteiger partial charge in [0.1, 0.15) is 6.07 Å². The Morgan fingerprint density at radius 2 is 1.96 bits per heavy atom. The van der Waals surface area contributed by atoms with Crippen LogP contribution in [0.2, 0.25) is 0 Å². The van der Waals surface area contributed by atoms with Crippen LogP contribution in [0, 0.1) is 14.9 Å². The Hall–Kier alpha value is -2.33. The van der Waals surface area contributed by atoms with Gasteiger partial charge in [0.05, 0.1) is 7.11 Å². The van der Waals surface area contributed by atoms with Gasteiger partial charge in [-0.3, -0.25) is 4.79 Å². The van der Waals surface area contributed by atoms with Crippen molar-refractivity contribution < 1.29 is 14.3 Å². The van der Waals surface area contributed by atoms with Gasteiger partial charge in [0, 0.05) is 9.13 Å². The molecule has 0 aromatic heterocycles. The molecule has 2 aromatic rings. The van der Waals surface area contributed by atoms with E-state index in [1.807, 2.05) is 18.2 Å². The summed E-state index contributed by atoms with van der Waals surface area (Å²) < 4.78 is 11.6. The molecule has 2 aromatic carbocycles. The van der Waals surface area contributed by atoms with Gasteiger partial charge in [-0.1, -0.05) is 24.3 Å². The molecule has 0 aliphatic rings. The van der Waals surface area contributed by atoms with Crippen molar-refractivity contribution >= 4 is 34.5 Å². The summed E-state index contributed by atoms with van der Waals surface area (Å²) in [4.78, 5) is 12.1. The maximum atomic E-state index is 12.1. The smallest absolute Gasteiger partial charge is 0.185 e. The number of nitriles is 1. The number of allylic oxidation sites excluding steroid dienone is 1. The van der Waals surface area contributed by atoms with Crippen LogP contribution >= 0.6 is 22.6 Å². The Balaban J connectivity index is 2.14. The van der Waals surface area contributed by atoms with Gasteiger partial charge in [-0.05, 0) is 58.5 Å². The number of ether oxygens (including phenoxy) is 2. The summed E-state index contributed by atoms with van der Waals surface area (Å²) in [6, 6.07) is 14.6. The highest BCUT2D eigenvalue weighted by atomic mass is 127. The van der Waals surface area contributed by atoms with Crippen LogP contribution in [-0.4, -0.2) is 19.5 Å². The average Bonchev–Trinajstić information content (AvgIpc) is 2.58. The number of benzene rings is 2. The summed E-state index contributed by atoms with van der Waals surface area (Å²) in [5.41, 5.74) is 1.45. The van der Waals surface area contributed by atoms with Gasteiger partial charge in [0.2, 0.25) is 0 Å². The van der Waals surface area contributed by atoms with E-state index in [1.54, 1.807) is 36.4 Å². The van der Waals surface area contributed by atoms with E-state index >= 15 is 0 Å². The summed E-state index contributed by atoms with van der Waals surface area (Å²) in [5, 5.41) is 8.55. The summed E-state index contributed by atoms with van der Waals surface area (Å²) in [5.74, 6) is 0.949. The van der Waals surface area contributed by atoms with E-state index in [1.165, 1.54) is 13.2 Å². The van der Waals surface area contributed by atoms with Crippen LogP contribution < -0.4 is 9.47 Å². The monoisotopic (exact) mass is 419 g/mol. The first-order valence-corrected chi connectivity index (χ1v) is 7.87. The van der Waals surface area contributed by atoms with Crippen LogP contribution in [0.3, 0.4) is 0 Å². The van der Waals surface area contributed by atoms with Gasteiger partial charge in [-0.2, -0.15) is 5.26 Å². The van der Waals surface area contributed by atoms with Gasteiger partial charge < -0.3 is 9.47 Å². The molecule has 23 heavy (non-hydrogen) atoms. The summed E-state index contributed by atoms with van der Waals surface area (Å²) in [6.07, 6.45) is 3.24. The van der Waals surface area contributed by atoms with E-state index in [9.17, 15) is 4.79 Å². The second-order valence-corrected chi connectivity index (χ2v) is 5.81. The standard InChI is InChI=1S/C18H14INO3/c1-22-18-12-13(3-9-17(18)23-11-10-20)2-8-16(21)14-4-6-15(19)7-5-14/h2-9,12H,11H2,1H3/b8-2+. The van der Waals surface area contributed by atoms with Crippen LogP contribution in [0.4, 0.5) is 0 Å². The molecule has 0 N–H and O–H groups in total. The molecule has 0 fully saturated rings. The lowest BCUT2D eigenvalue weighted by Gasteiger charge is -2.08. The molecular formula is C18H14INO3. The second kappa shape index (κ2) is 8.34. The molecule has 0 aliphatic carbocycles. The number of hydrogen-bond donors (Lipinski definition) is 0. The minimum absolute atomic E-state index is 0.0448. The number of ketones is 1. The second-order valence-electron chi connectivity index (χ2n) is 4.56. The normalized spacial score (nSPS) is 10.3. The Kier molecular flexibility index (Phi) is 6.18. The molecule has 2 rings (SSSR count). The van der Waals surface area contributed by atoms with Crippen LogP contribution in [0.25, 0.3) is 6.08 Å². The van der Waals surface area contributed by atoms with Crippen LogP contribution in [0.1, 0.15) is 15.9 Å². The molecule has 0 radical (unpaired) electrons. The summed E-state index contributed by atoms with van der Waals surface area (Å²) in [7, 11) is 1.53. The molecule has 0 atom stereocenters. The lowest BCUT2D eigenvalue weighted by atomic mass is 10.1. The number of rotatable bonds is 6. The first-order valence-electron chi connectivity index (χ1n) is 6.80. The fourth-order valence-corrected chi connectivity index (χ4v) is 2.26.